The predicted octanol–water partition coefficient (Wildman–Crippen LogP) is 3.26. The lowest BCUT2D eigenvalue weighted by atomic mass is 10.2. The SMILES string of the molecule is Cc1cc(Oc2ccc(/N=c3\[nH]c(=O)n(C[C@H]4COC(C)(C)O4)c(=O)n3Cc3ccc(Cl)cc3)cc2)n(C)n1. The van der Waals surface area contributed by atoms with Gasteiger partial charge >= 0.3 is 11.4 Å². The Labute approximate surface area is 228 Å². The monoisotopic (exact) mass is 552 g/mol. The third-order valence-corrected chi connectivity index (χ3v) is 6.39. The summed E-state index contributed by atoms with van der Waals surface area (Å²) in [7, 11) is 1.80. The smallest absolute Gasteiger partial charge is 0.335 e. The summed E-state index contributed by atoms with van der Waals surface area (Å²) in [4.78, 5) is 34.0. The highest BCUT2D eigenvalue weighted by atomic mass is 35.5. The first-order valence-electron chi connectivity index (χ1n) is 12.4. The van der Waals surface area contributed by atoms with Crippen LogP contribution in [0.5, 0.6) is 11.6 Å². The molecule has 1 aliphatic rings. The standard InChI is InChI=1S/C27H29ClN6O5/c1-17-13-23(32(4)31-17)38-21-11-9-20(10-12-21)29-24-30-25(35)34(15-22-16-37-27(2,3)39-22)26(36)33(24)14-18-5-7-19(28)8-6-18/h5-13,22H,14-16H2,1-4H3,(H,29,30,35)/t22-/m0/s1. The summed E-state index contributed by atoms with van der Waals surface area (Å²) in [5.41, 5.74) is 1.18. The maximum Gasteiger partial charge on any atom is 0.335 e. The van der Waals surface area contributed by atoms with Crippen LogP contribution < -0.4 is 21.7 Å². The highest BCUT2D eigenvalue weighted by Gasteiger charge is 2.33. The maximum absolute atomic E-state index is 13.6. The van der Waals surface area contributed by atoms with Crippen molar-refractivity contribution >= 4 is 17.3 Å². The predicted molar refractivity (Wildman–Crippen MR) is 144 cm³/mol. The van der Waals surface area contributed by atoms with E-state index >= 15 is 0 Å². The van der Waals surface area contributed by atoms with Crippen molar-refractivity contribution in [3.63, 3.8) is 0 Å². The van der Waals surface area contributed by atoms with E-state index in [-0.39, 0.29) is 25.3 Å². The summed E-state index contributed by atoms with van der Waals surface area (Å²) in [6.07, 6.45) is -0.443. The van der Waals surface area contributed by atoms with Crippen molar-refractivity contribution in [1.82, 2.24) is 23.9 Å². The lowest BCUT2D eigenvalue weighted by Gasteiger charge is -2.17. The van der Waals surface area contributed by atoms with Crippen LogP contribution in [0.4, 0.5) is 5.69 Å². The van der Waals surface area contributed by atoms with Crippen molar-refractivity contribution in [3.05, 3.63) is 97.5 Å². The second-order valence-electron chi connectivity index (χ2n) is 9.77. The van der Waals surface area contributed by atoms with Crippen molar-refractivity contribution in [2.75, 3.05) is 6.61 Å². The number of ether oxygens (including phenoxy) is 3. The Kier molecular flexibility index (Phi) is 7.30. The Balaban J connectivity index is 1.50. The van der Waals surface area contributed by atoms with Gasteiger partial charge in [0, 0.05) is 18.1 Å². The molecule has 0 aliphatic carbocycles. The van der Waals surface area contributed by atoms with E-state index in [9.17, 15) is 9.59 Å². The summed E-state index contributed by atoms with van der Waals surface area (Å²) in [5, 5.41) is 4.86. The van der Waals surface area contributed by atoms with E-state index in [1.165, 1.54) is 4.57 Å². The van der Waals surface area contributed by atoms with Crippen LogP contribution in [-0.2, 0) is 29.6 Å². The molecule has 1 N–H and O–H groups in total. The van der Waals surface area contributed by atoms with E-state index < -0.39 is 23.3 Å². The zero-order chi connectivity index (χ0) is 27.7. The number of nitrogens with one attached hydrogen (secondary N) is 1. The van der Waals surface area contributed by atoms with Gasteiger partial charge in [0.2, 0.25) is 11.5 Å². The molecule has 2 aromatic heterocycles. The quantitative estimate of drug-likeness (QED) is 0.376. The van der Waals surface area contributed by atoms with Gasteiger partial charge in [0.25, 0.3) is 0 Å². The number of aryl methyl sites for hydroxylation is 2. The summed E-state index contributed by atoms with van der Waals surface area (Å²) >= 11 is 6.04. The van der Waals surface area contributed by atoms with Crippen LogP contribution >= 0.6 is 11.6 Å². The molecular formula is C27H29ClN6O5. The first kappa shape index (κ1) is 26.7. The number of H-pyrrole nitrogens is 1. The van der Waals surface area contributed by atoms with Gasteiger partial charge in [-0.25, -0.2) is 23.8 Å². The molecule has 1 atom stereocenters. The third-order valence-electron chi connectivity index (χ3n) is 6.14. The number of rotatable bonds is 7. The molecule has 11 nitrogen and oxygen atoms in total. The van der Waals surface area contributed by atoms with Gasteiger partial charge in [-0.3, -0.25) is 9.55 Å². The first-order chi connectivity index (χ1) is 18.6. The number of aromatic amines is 1. The largest absolute Gasteiger partial charge is 0.439 e. The van der Waals surface area contributed by atoms with Gasteiger partial charge in [0.15, 0.2) is 5.79 Å². The molecule has 1 aliphatic heterocycles. The molecule has 0 amide bonds. The van der Waals surface area contributed by atoms with Gasteiger partial charge in [-0.2, -0.15) is 5.10 Å². The molecule has 5 rings (SSSR count). The minimum absolute atomic E-state index is 0.0397. The maximum atomic E-state index is 13.6. The Morgan fingerprint density at radius 3 is 2.46 bits per heavy atom. The average Bonchev–Trinajstić information content (AvgIpc) is 3.40. The fourth-order valence-electron chi connectivity index (χ4n) is 4.29. The van der Waals surface area contributed by atoms with Gasteiger partial charge in [0.1, 0.15) is 11.9 Å². The zero-order valence-electron chi connectivity index (χ0n) is 22.1. The zero-order valence-corrected chi connectivity index (χ0v) is 22.8. The average molecular weight is 553 g/mol. The van der Waals surface area contributed by atoms with E-state index in [0.29, 0.717) is 22.3 Å². The molecule has 3 heterocycles. The third kappa shape index (κ3) is 6.22. The molecule has 1 fully saturated rings. The summed E-state index contributed by atoms with van der Waals surface area (Å²) in [6.45, 7) is 5.94. The molecule has 0 unspecified atom stereocenters. The summed E-state index contributed by atoms with van der Waals surface area (Å²) in [5.74, 6) is 0.420. The topological polar surface area (TPSA) is 118 Å². The molecule has 2 aromatic carbocycles. The number of halogens is 1. The molecule has 0 spiro atoms. The molecular weight excluding hydrogens is 524 g/mol. The Morgan fingerprint density at radius 2 is 1.85 bits per heavy atom. The number of hydrogen-bond acceptors (Lipinski definition) is 7. The summed E-state index contributed by atoms with van der Waals surface area (Å²) in [6, 6.07) is 15.9. The van der Waals surface area contributed by atoms with Crippen LogP contribution in [0.1, 0.15) is 25.1 Å². The molecule has 12 heteroatoms. The number of hydrogen-bond donors (Lipinski definition) is 1. The van der Waals surface area contributed by atoms with Crippen molar-refractivity contribution < 1.29 is 14.2 Å². The molecule has 4 aromatic rings. The molecule has 39 heavy (non-hydrogen) atoms. The minimum Gasteiger partial charge on any atom is -0.439 e. The van der Waals surface area contributed by atoms with Crippen LogP contribution in [0.2, 0.25) is 5.02 Å². The Bertz CT molecular complexity index is 1670. The van der Waals surface area contributed by atoms with E-state index in [0.717, 1.165) is 15.8 Å². The second kappa shape index (κ2) is 10.7. The minimum atomic E-state index is -0.777. The molecule has 0 bridgehead atoms. The normalized spacial score (nSPS) is 17.1. The van der Waals surface area contributed by atoms with Crippen molar-refractivity contribution in [2.45, 2.75) is 45.8 Å². The Morgan fingerprint density at radius 1 is 1.13 bits per heavy atom. The van der Waals surface area contributed by atoms with E-state index in [2.05, 4.69) is 15.1 Å². The van der Waals surface area contributed by atoms with Crippen LogP contribution in [0.3, 0.4) is 0 Å². The molecule has 204 valence electrons. The van der Waals surface area contributed by atoms with E-state index in [4.69, 9.17) is 25.8 Å². The van der Waals surface area contributed by atoms with Crippen LogP contribution in [0.15, 0.2) is 69.2 Å². The lowest BCUT2D eigenvalue weighted by molar-refractivity contribution is -0.139. The highest BCUT2D eigenvalue weighted by Crippen LogP contribution is 2.24. The highest BCUT2D eigenvalue weighted by molar-refractivity contribution is 6.30. The van der Waals surface area contributed by atoms with E-state index in [1.807, 2.05) is 25.1 Å². The van der Waals surface area contributed by atoms with Crippen LogP contribution in [-0.4, -0.2) is 42.4 Å². The lowest BCUT2D eigenvalue weighted by Crippen LogP contribution is -2.51. The second-order valence-corrected chi connectivity index (χ2v) is 10.2. The van der Waals surface area contributed by atoms with Crippen molar-refractivity contribution in [2.24, 2.45) is 12.0 Å². The first-order valence-corrected chi connectivity index (χ1v) is 12.8. The fraction of sp³-hybridized carbons (Fsp3) is 0.333. The van der Waals surface area contributed by atoms with Gasteiger partial charge in [0.05, 0.1) is 31.1 Å². The molecule has 1 saturated heterocycles. The van der Waals surface area contributed by atoms with Gasteiger partial charge in [-0.05, 0) is 62.7 Å². The van der Waals surface area contributed by atoms with Gasteiger partial charge in [-0.1, -0.05) is 23.7 Å². The number of nitrogens with zero attached hydrogens (tertiary/aromatic N) is 5. The molecule has 0 saturated carbocycles. The van der Waals surface area contributed by atoms with Crippen LogP contribution in [0, 0.1) is 6.92 Å². The number of benzene rings is 2. The number of aromatic nitrogens is 5. The van der Waals surface area contributed by atoms with Crippen LogP contribution in [0.25, 0.3) is 0 Å². The Hall–Kier alpha value is -3.93. The van der Waals surface area contributed by atoms with Crippen molar-refractivity contribution in [3.8, 4) is 11.6 Å². The van der Waals surface area contributed by atoms with Gasteiger partial charge in [-0.15, -0.1) is 0 Å². The summed E-state index contributed by atoms with van der Waals surface area (Å²) < 4.78 is 21.5. The van der Waals surface area contributed by atoms with Gasteiger partial charge < -0.3 is 14.2 Å². The molecule has 0 radical (unpaired) electrons. The fourth-order valence-corrected chi connectivity index (χ4v) is 4.41. The van der Waals surface area contributed by atoms with E-state index in [1.54, 1.807) is 62.0 Å². The van der Waals surface area contributed by atoms with Crippen molar-refractivity contribution in [1.29, 1.82) is 0 Å².